The Morgan fingerprint density at radius 2 is 2.05 bits per heavy atom. The van der Waals surface area contributed by atoms with Gasteiger partial charge in [-0.05, 0) is 31.4 Å². The van der Waals surface area contributed by atoms with Crippen molar-refractivity contribution in [2.24, 2.45) is 0 Å². The third kappa shape index (κ3) is 2.78. The number of anilines is 2. The van der Waals surface area contributed by atoms with E-state index in [0.29, 0.717) is 5.56 Å². The van der Waals surface area contributed by atoms with E-state index in [2.05, 4.69) is 4.90 Å². The molecule has 5 nitrogen and oxygen atoms in total. The van der Waals surface area contributed by atoms with Crippen LogP contribution in [0.5, 0.6) is 0 Å². The van der Waals surface area contributed by atoms with E-state index in [1.165, 1.54) is 4.90 Å². The number of rotatable bonds is 6. The standard InChI is InChI=1S/C15H22N2O3/c1-16(8-4-3-5-9-18)11-6-7-12-13(10-11)17(2)15(20)14(12)19/h6-7,10,14,18-19H,3-5,8-9H2,1-2H3. The molecule has 2 rings (SSSR count). The van der Waals surface area contributed by atoms with Crippen LogP contribution in [0.25, 0.3) is 0 Å². The van der Waals surface area contributed by atoms with Crippen molar-refractivity contribution in [3.8, 4) is 0 Å². The fourth-order valence-electron chi connectivity index (χ4n) is 2.49. The number of hydrogen-bond donors (Lipinski definition) is 2. The van der Waals surface area contributed by atoms with Crippen LogP contribution in [-0.2, 0) is 4.79 Å². The van der Waals surface area contributed by atoms with Crippen LogP contribution in [0.2, 0.25) is 0 Å². The van der Waals surface area contributed by atoms with Crippen LogP contribution in [0, 0.1) is 0 Å². The topological polar surface area (TPSA) is 64.0 Å². The highest BCUT2D eigenvalue weighted by atomic mass is 16.3. The van der Waals surface area contributed by atoms with Crippen LogP contribution < -0.4 is 9.80 Å². The Labute approximate surface area is 119 Å². The number of likely N-dealkylation sites (N-methyl/N-ethyl adjacent to an activating group) is 1. The lowest BCUT2D eigenvalue weighted by molar-refractivity contribution is -0.125. The van der Waals surface area contributed by atoms with E-state index in [1.807, 2.05) is 25.2 Å². The number of fused-ring (bicyclic) bond motifs is 1. The molecule has 20 heavy (non-hydrogen) atoms. The molecule has 0 aliphatic carbocycles. The summed E-state index contributed by atoms with van der Waals surface area (Å²) in [6.45, 7) is 1.15. The van der Waals surface area contributed by atoms with Crippen molar-refractivity contribution in [3.05, 3.63) is 23.8 Å². The predicted octanol–water partition coefficient (Wildman–Crippen LogP) is 1.30. The average molecular weight is 278 g/mol. The van der Waals surface area contributed by atoms with E-state index in [0.717, 1.165) is 37.2 Å². The van der Waals surface area contributed by atoms with Crippen molar-refractivity contribution < 1.29 is 15.0 Å². The number of aliphatic hydroxyl groups excluding tert-OH is 2. The van der Waals surface area contributed by atoms with Gasteiger partial charge in [0.05, 0.1) is 5.69 Å². The second-order valence-corrected chi connectivity index (χ2v) is 5.25. The zero-order valence-corrected chi connectivity index (χ0v) is 12.0. The van der Waals surface area contributed by atoms with E-state index >= 15 is 0 Å². The van der Waals surface area contributed by atoms with Gasteiger partial charge in [0.15, 0.2) is 6.10 Å². The van der Waals surface area contributed by atoms with E-state index in [1.54, 1.807) is 7.05 Å². The summed E-state index contributed by atoms with van der Waals surface area (Å²) in [7, 11) is 3.69. The van der Waals surface area contributed by atoms with Crippen LogP contribution in [-0.4, -0.2) is 43.4 Å². The van der Waals surface area contributed by atoms with E-state index in [4.69, 9.17) is 5.11 Å². The highest BCUT2D eigenvalue weighted by molar-refractivity contribution is 6.03. The summed E-state index contributed by atoms with van der Waals surface area (Å²) < 4.78 is 0. The molecule has 0 saturated heterocycles. The third-order valence-electron chi connectivity index (χ3n) is 3.83. The number of carbonyl (C=O) groups is 1. The first-order valence-corrected chi connectivity index (χ1v) is 6.98. The van der Waals surface area contributed by atoms with Gasteiger partial charge in [-0.25, -0.2) is 0 Å². The first-order chi connectivity index (χ1) is 9.56. The predicted molar refractivity (Wildman–Crippen MR) is 79.0 cm³/mol. The van der Waals surface area contributed by atoms with Gasteiger partial charge >= 0.3 is 0 Å². The van der Waals surface area contributed by atoms with Crippen LogP contribution in [0.4, 0.5) is 11.4 Å². The van der Waals surface area contributed by atoms with Crippen molar-refractivity contribution in [3.63, 3.8) is 0 Å². The first-order valence-electron chi connectivity index (χ1n) is 6.98. The second kappa shape index (κ2) is 6.24. The molecule has 0 spiro atoms. The molecule has 1 heterocycles. The molecule has 5 heteroatoms. The minimum absolute atomic E-state index is 0.243. The Kier molecular flexibility index (Phi) is 4.62. The summed E-state index contributed by atoms with van der Waals surface area (Å²) in [6, 6.07) is 5.69. The van der Waals surface area contributed by atoms with Gasteiger partial charge < -0.3 is 20.0 Å². The van der Waals surface area contributed by atoms with Gasteiger partial charge in [0, 0.05) is 38.5 Å². The average Bonchev–Trinajstić information content (AvgIpc) is 2.68. The number of amides is 1. The van der Waals surface area contributed by atoms with Crippen LogP contribution in [0.15, 0.2) is 18.2 Å². The van der Waals surface area contributed by atoms with Crippen molar-refractivity contribution in [2.75, 3.05) is 37.0 Å². The Hall–Kier alpha value is -1.59. The number of nitrogens with zero attached hydrogens (tertiary/aromatic N) is 2. The van der Waals surface area contributed by atoms with E-state index in [9.17, 15) is 9.90 Å². The van der Waals surface area contributed by atoms with E-state index < -0.39 is 6.10 Å². The van der Waals surface area contributed by atoms with Crippen LogP contribution in [0.1, 0.15) is 30.9 Å². The van der Waals surface area contributed by atoms with Gasteiger partial charge in [0.2, 0.25) is 0 Å². The second-order valence-electron chi connectivity index (χ2n) is 5.25. The molecule has 1 unspecified atom stereocenters. The maximum absolute atomic E-state index is 11.7. The van der Waals surface area contributed by atoms with Gasteiger partial charge in [-0.1, -0.05) is 6.07 Å². The lowest BCUT2D eigenvalue weighted by atomic mass is 10.1. The molecule has 2 N–H and O–H groups in total. The largest absolute Gasteiger partial charge is 0.396 e. The van der Waals surface area contributed by atoms with Crippen molar-refractivity contribution in [1.82, 2.24) is 0 Å². The Balaban J connectivity index is 2.06. The fraction of sp³-hybridized carbons (Fsp3) is 0.533. The molecule has 1 atom stereocenters. The van der Waals surface area contributed by atoms with Gasteiger partial charge in [-0.2, -0.15) is 0 Å². The molecule has 0 saturated carbocycles. The van der Waals surface area contributed by atoms with Gasteiger partial charge in [-0.3, -0.25) is 4.79 Å². The summed E-state index contributed by atoms with van der Waals surface area (Å²) in [5.41, 5.74) is 2.48. The fourth-order valence-corrected chi connectivity index (χ4v) is 2.49. The number of benzene rings is 1. The molecule has 110 valence electrons. The Morgan fingerprint density at radius 3 is 2.75 bits per heavy atom. The first kappa shape index (κ1) is 14.8. The Morgan fingerprint density at radius 1 is 1.30 bits per heavy atom. The number of hydrogen-bond acceptors (Lipinski definition) is 4. The molecule has 1 aliphatic rings. The molecule has 0 aromatic heterocycles. The van der Waals surface area contributed by atoms with Crippen LogP contribution >= 0.6 is 0 Å². The molecule has 1 aromatic rings. The van der Waals surface area contributed by atoms with Crippen molar-refractivity contribution >= 4 is 17.3 Å². The summed E-state index contributed by atoms with van der Waals surface area (Å²) in [4.78, 5) is 15.4. The smallest absolute Gasteiger partial charge is 0.260 e. The molecule has 1 amide bonds. The monoisotopic (exact) mass is 278 g/mol. The minimum Gasteiger partial charge on any atom is -0.396 e. The van der Waals surface area contributed by atoms with E-state index in [-0.39, 0.29) is 12.5 Å². The highest BCUT2D eigenvalue weighted by Gasteiger charge is 2.33. The van der Waals surface area contributed by atoms with Crippen LogP contribution in [0.3, 0.4) is 0 Å². The minimum atomic E-state index is -1.03. The molecular weight excluding hydrogens is 256 g/mol. The third-order valence-corrected chi connectivity index (χ3v) is 3.83. The molecular formula is C15H22N2O3. The number of aliphatic hydroxyl groups is 2. The lowest BCUT2D eigenvalue weighted by Crippen LogP contribution is -2.24. The zero-order chi connectivity index (χ0) is 14.7. The summed E-state index contributed by atoms with van der Waals surface area (Å²) in [5, 5.41) is 18.6. The van der Waals surface area contributed by atoms with Crippen molar-refractivity contribution in [2.45, 2.75) is 25.4 Å². The number of carbonyl (C=O) groups excluding carboxylic acids is 1. The quantitative estimate of drug-likeness (QED) is 0.770. The lowest BCUT2D eigenvalue weighted by Gasteiger charge is -2.21. The Bertz CT molecular complexity index is 490. The van der Waals surface area contributed by atoms with Gasteiger partial charge in [0.25, 0.3) is 5.91 Å². The molecule has 0 radical (unpaired) electrons. The molecule has 0 bridgehead atoms. The summed E-state index contributed by atoms with van der Waals surface area (Å²) in [6.07, 6.45) is 1.83. The summed E-state index contributed by atoms with van der Waals surface area (Å²) >= 11 is 0. The molecule has 1 aromatic carbocycles. The molecule has 1 aliphatic heterocycles. The van der Waals surface area contributed by atoms with Crippen molar-refractivity contribution in [1.29, 1.82) is 0 Å². The van der Waals surface area contributed by atoms with Gasteiger partial charge in [-0.15, -0.1) is 0 Å². The maximum atomic E-state index is 11.7. The normalized spacial score (nSPS) is 17.5. The maximum Gasteiger partial charge on any atom is 0.260 e. The summed E-state index contributed by atoms with van der Waals surface area (Å²) in [5.74, 6) is -0.275. The zero-order valence-electron chi connectivity index (χ0n) is 12.0. The SMILES string of the molecule is CN(CCCCCO)c1ccc2c(c1)N(C)C(=O)C2O. The molecule has 0 fully saturated rings. The number of unbranched alkanes of at least 4 members (excludes halogenated alkanes) is 2. The highest BCUT2D eigenvalue weighted by Crippen LogP contribution is 2.37. The van der Waals surface area contributed by atoms with Gasteiger partial charge in [0.1, 0.15) is 0 Å².